The molecule has 0 aromatic carbocycles. The summed E-state index contributed by atoms with van der Waals surface area (Å²) in [5, 5.41) is 15.7. The van der Waals surface area contributed by atoms with E-state index in [1.54, 1.807) is 6.20 Å². The van der Waals surface area contributed by atoms with Crippen LogP contribution in [0.5, 0.6) is 0 Å². The van der Waals surface area contributed by atoms with Crippen LogP contribution in [0.1, 0.15) is 24.8 Å². The highest BCUT2D eigenvalue weighted by atomic mass is 79.9. The summed E-state index contributed by atoms with van der Waals surface area (Å²) in [6, 6.07) is 2.37. The third kappa shape index (κ3) is 0.896. The van der Waals surface area contributed by atoms with Gasteiger partial charge in [0.2, 0.25) is 0 Å². The highest BCUT2D eigenvalue weighted by Crippen LogP contribution is 2.44. The summed E-state index contributed by atoms with van der Waals surface area (Å²) in [6.07, 6.45) is 4.81. The van der Waals surface area contributed by atoms with Crippen molar-refractivity contribution >= 4 is 15.9 Å². The molecule has 4 heteroatoms. The molecule has 62 valence electrons. The summed E-state index contributed by atoms with van der Waals surface area (Å²) in [7, 11) is 0. The first-order valence-electron chi connectivity index (χ1n) is 3.89. The third-order valence-electron chi connectivity index (χ3n) is 2.53. The second-order valence-corrected chi connectivity index (χ2v) is 3.94. The van der Waals surface area contributed by atoms with E-state index in [2.05, 4.69) is 32.2 Å². The van der Waals surface area contributed by atoms with E-state index >= 15 is 0 Å². The lowest BCUT2D eigenvalue weighted by molar-refractivity contribution is 0.323. The number of rotatable bonds is 1. The number of hydrogen-bond donors (Lipinski definition) is 1. The van der Waals surface area contributed by atoms with Gasteiger partial charge in [-0.25, -0.2) is 0 Å². The van der Waals surface area contributed by atoms with Crippen molar-refractivity contribution in [3.05, 3.63) is 16.4 Å². The number of H-pyrrole nitrogens is 1. The average molecular weight is 226 g/mol. The minimum absolute atomic E-state index is 0.258. The van der Waals surface area contributed by atoms with E-state index in [1.807, 2.05) is 0 Å². The molecule has 1 fully saturated rings. The summed E-state index contributed by atoms with van der Waals surface area (Å²) in [5.74, 6) is 0. The van der Waals surface area contributed by atoms with Crippen molar-refractivity contribution in [2.45, 2.75) is 24.7 Å². The highest BCUT2D eigenvalue weighted by molar-refractivity contribution is 9.10. The zero-order valence-electron chi connectivity index (χ0n) is 6.47. The predicted molar refractivity (Wildman–Crippen MR) is 47.4 cm³/mol. The van der Waals surface area contributed by atoms with Gasteiger partial charge in [-0.15, -0.1) is 0 Å². The van der Waals surface area contributed by atoms with E-state index in [4.69, 9.17) is 5.26 Å². The molecule has 12 heavy (non-hydrogen) atoms. The summed E-state index contributed by atoms with van der Waals surface area (Å²) in [4.78, 5) is 0. The molecule has 1 aromatic heterocycles. The molecule has 1 N–H and O–H groups in total. The molecule has 0 atom stereocenters. The first kappa shape index (κ1) is 7.81. The molecule has 0 spiro atoms. The molecule has 0 unspecified atom stereocenters. The van der Waals surface area contributed by atoms with E-state index in [0.29, 0.717) is 0 Å². The molecule has 1 heterocycles. The first-order valence-corrected chi connectivity index (χ1v) is 4.68. The van der Waals surface area contributed by atoms with Crippen LogP contribution in [0.3, 0.4) is 0 Å². The Bertz CT molecular complexity index is 332. The fourth-order valence-corrected chi connectivity index (χ4v) is 2.16. The Morgan fingerprint density at radius 1 is 1.67 bits per heavy atom. The van der Waals surface area contributed by atoms with Crippen molar-refractivity contribution in [2.75, 3.05) is 0 Å². The fourth-order valence-electron chi connectivity index (χ4n) is 1.58. The zero-order chi connectivity index (χ0) is 8.60. The van der Waals surface area contributed by atoms with Crippen LogP contribution >= 0.6 is 15.9 Å². The van der Waals surface area contributed by atoms with Gasteiger partial charge in [-0.2, -0.15) is 10.4 Å². The molecular formula is C8H8BrN3. The Hall–Kier alpha value is -0.820. The van der Waals surface area contributed by atoms with Crippen molar-refractivity contribution in [1.82, 2.24) is 10.2 Å². The van der Waals surface area contributed by atoms with E-state index in [9.17, 15) is 0 Å². The second-order valence-electron chi connectivity index (χ2n) is 3.15. The third-order valence-corrected chi connectivity index (χ3v) is 3.13. The summed E-state index contributed by atoms with van der Waals surface area (Å²) in [6.45, 7) is 0. The maximum atomic E-state index is 9.02. The van der Waals surface area contributed by atoms with Crippen LogP contribution in [0.4, 0.5) is 0 Å². The smallest absolute Gasteiger partial charge is 0.105 e. The minimum atomic E-state index is -0.258. The number of halogens is 1. The maximum Gasteiger partial charge on any atom is 0.105 e. The van der Waals surface area contributed by atoms with Gasteiger partial charge in [-0.3, -0.25) is 5.10 Å². The van der Waals surface area contributed by atoms with Crippen LogP contribution in [-0.2, 0) is 5.41 Å². The van der Waals surface area contributed by atoms with E-state index in [1.165, 1.54) is 0 Å². The van der Waals surface area contributed by atoms with Gasteiger partial charge in [0.25, 0.3) is 0 Å². The van der Waals surface area contributed by atoms with Crippen molar-refractivity contribution < 1.29 is 0 Å². The number of nitrogens with one attached hydrogen (secondary N) is 1. The molecule has 0 aliphatic heterocycles. The van der Waals surface area contributed by atoms with Crippen LogP contribution < -0.4 is 0 Å². The van der Waals surface area contributed by atoms with Crippen molar-refractivity contribution in [2.24, 2.45) is 0 Å². The Morgan fingerprint density at radius 2 is 2.42 bits per heavy atom. The maximum absolute atomic E-state index is 9.02. The van der Waals surface area contributed by atoms with Crippen LogP contribution in [0, 0.1) is 11.3 Å². The normalized spacial score (nSPS) is 19.7. The van der Waals surface area contributed by atoms with Crippen LogP contribution in [0.2, 0.25) is 0 Å². The summed E-state index contributed by atoms with van der Waals surface area (Å²) >= 11 is 3.35. The topological polar surface area (TPSA) is 52.5 Å². The van der Waals surface area contributed by atoms with Crippen molar-refractivity contribution in [1.29, 1.82) is 5.26 Å². The fraction of sp³-hybridized carbons (Fsp3) is 0.500. The molecule has 1 saturated carbocycles. The molecule has 0 amide bonds. The van der Waals surface area contributed by atoms with Gasteiger partial charge >= 0.3 is 0 Å². The average Bonchev–Trinajstić information content (AvgIpc) is 2.36. The lowest BCUT2D eigenvalue weighted by atomic mass is 9.66. The number of nitriles is 1. The molecule has 0 saturated heterocycles. The monoisotopic (exact) mass is 225 g/mol. The van der Waals surface area contributed by atoms with Crippen molar-refractivity contribution in [3.8, 4) is 6.07 Å². The van der Waals surface area contributed by atoms with E-state index < -0.39 is 0 Å². The largest absolute Gasteiger partial charge is 0.271 e. The SMILES string of the molecule is N#CC1(c2cn[nH]c2Br)CCC1. The van der Waals surface area contributed by atoms with Gasteiger partial charge in [0.15, 0.2) is 0 Å². The Balaban J connectivity index is 2.42. The van der Waals surface area contributed by atoms with Crippen LogP contribution in [-0.4, -0.2) is 10.2 Å². The van der Waals surface area contributed by atoms with Gasteiger partial charge < -0.3 is 0 Å². The molecule has 1 aliphatic rings. The second kappa shape index (κ2) is 2.60. The minimum Gasteiger partial charge on any atom is -0.271 e. The Labute approximate surface area is 78.9 Å². The lowest BCUT2D eigenvalue weighted by Gasteiger charge is -2.34. The number of aromatic nitrogens is 2. The van der Waals surface area contributed by atoms with E-state index in [-0.39, 0.29) is 5.41 Å². The Morgan fingerprint density at radius 3 is 2.75 bits per heavy atom. The standard InChI is InChI=1S/C8H8BrN3/c9-7-6(4-11-12-7)8(5-10)2-1-3-8/h4H,1-3H2,(H,11,12). The van der Waals surface area contributed by atoms with Crippen LogP contribution in [0.25, 0.3) is 0 Å². The molecular weight excluding hydrogens is 218 g/mol. The molecule has 2 rings (SSSR count). The molecule has 3 nitrogen and oxygen atoms in total. The van der Waals surface area contributed by atoms with Gasteiger partial charge in [0.1, 0.15) is 4.60 Å². The highest BCUT2D eigenvalue weighted by Gasteiger charge is 2.41. The molecule has 0 radical (unpaired) electrons. The number of aromatic amines is 1. The quantitative estimate of drug-likeness (QED) is 0.797. The molecule has 0 bridgehead atoms. The Kier molecular flexibility index (Phi) is 1.69. The van der Waals surface area contributed by atoms with Gasteiger partial charge in [-0.05, 0) is 35.2 Å². The lowest BCUT2D eigenvalue weighted by Crippen LogP contribution is -2.32. The summed E-state index contributed by atoms with van der Waals surface area (Å²) in [5.41, 5.74) is 0.752. The van der Waals surface area contributed by atoms with E-state index in [0.717, 1.165) is 29.4 Å². The first-order chi connectivity index (χ1) is 5.78. The predicted octanol–water partition coefficient (Wildman–Crippen LogP) is 2.12. The zero-order valence-corrected chi connectivity index (χ0v) is 8.06. The van der Waals surface area contributed by atoms with Gasteiger partial charge in [-0.1, -0.05) is 0 Å². The number of hydrogen-bond acceptors (Lipinski definition) is 2. The molecule has 1 aromatic rings. The van der Waals surface area contributed by atoms with Gasteiger partial charge in [0.05, 0.1) is 17.7 Å². The van der Waals surface area contributed by atoms with Gasteiger partial charge in [0, 0.05) is 5.56 Å². The van der Waals surface area contributed by atoms with Crippen LogP contribution in [0.15, 0.2) is 10.8 Å². The summed E-state index contributed by atoms with van der Waals surface area (Å²) < 4.78 is 0.851. The molecule has 1 aliphatic carbocycles. The number of nitrogens with zero attached hydrogens (tertiary/aromatic N) is 2. The van der Waals surface area contributed by atoms with Crippen molar-refractivity contribution in [3.63, 3.8) is 0 Å².